The van der Waals surface area contributed by atoms with Crippen LogP contribution < -0.4 is 10.1 Å². The Morgan fingerprint density at radius 3 is 2.77 bits per heavy atom. The minimum absolute atomic E-state index is 0.0757. The smallest absolute Gasteiger partial charge is 0.224 e. The van der Waals surface area contributed by atoms with Crippen LogP contribution >= 0.6 is 0 Å². The number of aromatic amines is 1. The number of nitrogens with zero attached hydrogens (tertiary/aromatic N) is 5. The number of ketones is 1. The van der Waals surface area contributed by atoms with Crippen molar-refractivity contribution in [2.75, 3.05) is 27.2 Å². The molecule has 10 nitrogen and oxygen atoms in total. The fraction of sp³-hybridized carbons (Fsp3) is 0.500. The number of carbonyl (C=O) groups excluding carboxylic acids is 2. The number of methoxy groups -OCH3 is 1. The van der Waals surface area contributed by atoms with Gasteiger partial charge in [0.15, 0.2) is 0 Å². The molecule has 0 radical (unpaired) electrons. The van der Waals surface area contributed by atoms with Crippen molar-refractivity contribution in [3.05, 3.63) is 54.7 Å². The molecule has 1 aromatic carbocycles. The summed E-state index contributed by atoms with van der Waals surface area (Å²) in [6.45, 7) is 4.02. The minimum Gasteiger partial charge on any atom is -0.480 e. The average molecular weight is 598 g/mol. The molecule has 1 saturated carbocycles. The van der Waals surface area contributed by atoms with Gasteiger partial charge in [-0.05, 0) is 81.9 Å². The third-order valence-electron chi connectivity index (χ3n) is 9.59. The van der Waals surface area contributed by atoms with Crippen molar-refractivity contribution in [3.8, 4) is 22.8 Å². The number of carbonyl (C=O) groups is 2. The highest BCUT2D eigenvalue weighted by Crippen LogP contribution is 2.59. The fourth-order valence-electron chi connectivity index (χ4n) is 6.61. The number of nitrogens with one attached hydrogen (secondary N) is 2. The Kier molecular flexibility index (Phi) is 8.79. The number of Topliss-reactive ketones (excluding diaryl/α,β-unsaturated/α-hetero) is 1. The molecular weight excluding hydrogens is 554 g/mol. The minimum atomic E-state index is -0.238. The van der Waals surface area contributed by atoms with E-state index in [1.807, 2.05) is 37.4 Å². The maximum absolute atomic E-state index is 13.6. The van der Waals surface area contributed by atoms with Crippen LogP contribution in [0.1, 0.15) is 76.6 Å². The van der Waals surface area contributed by atoms with Crippen molar-refractivity contribution >= 4 is 22.6 Å². The lowest BCUT2D eigenvalue weighted by Gasteiger charge is -2.30. The normalized spacial score (nSPS) is 18.4. The molecule has 2 atom stereocenters. The first-order valence-corrected chi connectivity index (χ1v) is 15.9. The van der Waals surface area contributed by atoms with Crippen LogP contribution in [0, 0.1) is 11.3 Å². The molecule has 1 aliphatic carbocycles. The zero-order valence-corrected chi connectivity index (χ0v) is 26.0. The Morgan fingerprint density at radius 1 is 1.18 bits per heavy atom. The first-order valence-electron chi connectivity index (χ1n) is 15.9. The van der Waals surface area contributed by atoms with E-state index in [4.69, 9.17) is 14.7 Å². The molecule has 4 aromatic rings. The molecule has 2 N–H and O–H groups in total. The summed E-state index contributed by atoms with van der Waals surface area (Å²) in [5.41, 5.74) is 3.48. The van der Waals surface area contributed by atoms with Gasteiger partial charge in [-0.15, -0.1) is 0 Å². The molecule has 1 aliphatic heterocycles. The molecule has 232 valence electrons. The molecule has 4 heterocycles. The fourth-order valence-corrected chi connectivity index (χ4v) is 6.61. The topological polar surface area (TPSA) is 118 Å². The predicted octanol–water partition coefficient (Wildman–Crippen LogP) is 5.64. The first kappa shape index (κ1) is 30.0. The maximum Gasteiger partial charge on any atom is 0.224 e. The molecule has 2 fully saturated rings. The van der Waals surface area contributed by atoms with Crippen molar-refractivity contribution < 1.29 is 14.3 Å². The number of fused-ring (bicyclic) bond motifs is 1. The molecule has 44 heavy (non-hydrogen) atoms. The van der Waals surface area contributed by atoms with Crippen LogP contribution in [0.5, 0.6) is 5.88 Å². The molecule has 1 unspecified atom stereocenters. The number of rotatable bonds is 13. The quantitative estimate of drug-likeness (QED) is 0.192. The summed E-state index contributed by atoms with van der Waals surface area (Å²) in [7, 11) is 3.77. The van der Waals surface area contributed by atoms with Gasteiger partial charge in [0.05, 0.1) is 41.8 Å². The lowest BCUT2D eigenvalue weighted by atomic mass is 9.91. The number of amides is 1. The number of ether oxygens (including phenoxy) is 1. The third-order valence-corrected chi connectivity index (χ3v) is 9.59. The van der Waals surface area contributed by atoms with Crippen LogP contribution in [0.3, 0.4) is 0 Å². The van der Waals surface area contributed by atoms with E-state index in [0.717, 1.165) is 91.7 Å². The van der Waals surface area contributed by atoms with Crippen molar-refractivity contribution in [3.63, 3.8) is 0 Å². The molecule has 1 saturated heterocycles. The SMILES string of the molecule is CCC(=O)CCCCCC(NC(=O)[C@H]1CC12CCN(C)CC2)c1ncc(-c2cc3ccc(-n4cccn4)cc3nc2OC)[nH]1. The first-order chi connectivity index (χ1) is 21.4. The Hall–Kier alpha value is -4.05. The highest BCUT2D eigenvalue weighted by atomic mass is 16.5. The molecule has 1 spiro atoms. The van der Waals surface area contributed by atoms with Gasteiger partial charge < -0.3 is 19.9 Å². The van der Waals surface area contributed by atoms with Crippen molar-refractivity contribution in [2.24, 2.45) is 11.3 Å². The monoisotopic (exact) mass is 597 g/mol. The van der Waals surface area contributed by atoms with Crippen molar-refractivity contribution in [2.45, 2.75) is 70.8 Å². The number of imidazole rings is 1. The van der Waals surface area contributed by atoms with Crippen LogP contribution in [0.15, 0.2) is 48.9 Å². The Morgan fingerprint density at radius 2 is 2.02 bits per heavy atom. The Bertz CT molecular complexity index is 1600. The highest BCUT2D eigenvalue weighted by molar-refractivity contribution is 5.87. The number of benzene rings is 1. The second-order valence-electron chi connectivity index (χ2n) is 12.5. The number of hydrogen-bond acceptors (Lipinski definition) is 7. The molecule has 10 heteroatoms. The van der Waals surface area contributed by atoms with Gasteiger partial charge in [0, 0.05) is 36.5 Å². The molecular formula is C34H43N7O3. The molecule has 3 aromatic heterocycles. The summed E-state index contributed by atoms with van der Waals surface area (Å²) < 4.78 is 7.52. The van der Waals surface area contributed by atoms with Crippen LogP contribution in [-0.4, -0.2) is 68.6 Å². The predicted molar refractivity (Wildman–Crippen MR) is 170 cm³/mol. The molecule has 6 rings (SSSR count). The van der Waals surface area contributed by atoms with Crippen molar-refractivity contribution in [1.82, 2.24) is 34.9 Å². The Balaban J connectivity index is 1.21. The number of pyridine rings is 1. The number of aromatic nitrogens is 5. The lowest BCUT2D eigenvalue weighted by molar-refractivity contribution is -0.124. The number of piperidine rings is 1. The maximum atomic E-state index is 13.6. The summed E-state index contributed by atoms with van der Waals surface area (Å²) in [4.78, 5) is 40.7. The lowest BCUT2D eigenvalue weighted by Crippen LogP contribution is -2.36. The highest BCUT2D eigenvalue weighted by Gasteiger charge is 2.58. The third kappa shape index (κ3) is 6.40. The molecule has 2 aliphatic rings. The second-order valence-corrected chi connectivity index (χ2v) is 12.5. The zero-order chi connectivity index (χ0) is 30.7. The van der Waals surface area contributed by atoms with E-state index in [9.17, 15) is 9.59 Å². The van der Waals surface area contributed by atoms with Crippen LogP contribution in [0.25, 0.3) is 27.8 Å². The second kappa shape index (κ2) is 12.9. The standard InChI is InChI=1S/C34H43N7O3/c1-4-25(42)9-6-5-7-10-28(38-32(43)27-21-34(27)13-17-40(2)18-14-34)31-35-22-30(37-31)26-19-23-11-12-24(41-16-8-15-36-41)20-29(23)39-33(26)44-3/h8,11-12,15-16,19-20,22,27-28H,4-7,9-10,13-14,17-18,21H2,1-3H3,(H,35,37)(H,38,43)/t27-,28?/m1/s1. The van der Waals surface area contributed by atoms with Crippen LogP contribution in [0.2, 0.25) is 0 Å². The molecule has 1 amide bonds. The van der Waals surface area contributed by atoms with Gasteiger partial charge in [-0.1, -0.05) is 25.8 Å². The largest absolute Gasteiger partial charge is 0.480 e. The Labute approximate surface area is 258 Å². The van der Waals surface area contributed by atoms with Crippen LogP contribution in [-0.2, 0) is 9.59 Å². The van der Waals surface area contributed by atoms with Gasteiger partial charge >= 0.3 is 0 Å². The molecule has 0 bridgehead atoms. The number of hydrogen-bond donors (Lipinski definition) is 2. The average Bonchev–Trinajstić information content (AvgIpc) is 3.39. The van der Waals surface area contributed by atoms with Gasteiger partial charge in [-0.25, -0.2) is 14.6 Å². The van der Waals surface area contributed by atoms with Crippen molar-refractivity contribution in [1.29, 1.82) is 0 Å². The van der Waals surface area contributed by atoms with Gasteiger partial charge in [-0.3, -0.25) is 9.59 Å². The summed E-state index contributed by atoms with van der Waals surface area (Å²) in [5, 5.41) is 8.66. The van der Waals surface area contributed by atoms with Gasteiger partial charge in [0.1, 0.15) is 11.6 Å². The number of H-pyrrole nitrogens is 1. The summed E-state index contributed by atoms with van der Waals surface area (Å²) in [6.07, 6.45) is 13.3. The van der Waals surface area contributed by atoms with Gasteiger partial charge in [0.25, 0.3) is 0 Å². The van der Waals surface area contributed by atoms with E-state index in [0.29, 0.717) is 24.5 Å². The van der Waals surface area contributed by atoms with E-state index < -0.39 is 0 Å². The summed E-state index contributed by atoms with van der Waals surface area (Å²) >= 11 is 0. The van der Waals surface area contributed by atoms with Crippen LogP contribution in [0.4, 0.5) is 0 Å². The zero-order valence-electron chi connectivity index (χ0n) is 26.0. The van der Waals surface area contributed by atoms with E-state index in [1.54, 1.807) is 24.2 Å². The number of likely N-dealkylation sites (tertiary alicyclic amines) is 1. The summed E-state index contributed by atoms with van der Waals surface area (Å²) in [5.74, 6) is 1.74. The van der Waals surface area contributed by atoms with E-state index in [2.05, 4.69) is 33.4 Å². The van der Waals surface area contributed by atoms with E-state index >= 15 is 0 Å². The summed E-state index contributed by atoms with van der Waals surface area (Å²) in [6, 6.07) is 9.73. The van der Waals surface area contributed by atoms with E-state index in [1.165, 1.54) is 0 Å². The van der Waals surface area contributed by atoms with Gasteiger partial charge in [0.2, 0.25) is 11.8 Å². The van der Waals surface area contributed by atoms with E-state index in [-0.39, 0.29) is 23.3 Å². The number of unbranched alkanes of at least 4 members (excludes halogenated alkanes) is 2. The van der Waals surface area contributed by atoms with Gasteiger partial charge in [-0.2, -0.15) is 5.10 Å².